The van der Waals surface area contributed by atoms with Crippen LogP contribution in [0.1, 0.15) is 11.3 Å². The summed E-state index contributed by atoms with van der Waals surface area (Å²) >= 11 is 0. The second-order valence-electron chi connectivity index (χ2n) is 5.48. The maximum atomic E-state index is 12.9. The van der Waals surface area contributed by atoms with Crippen molar-refractivity contribution in [3.63, 3.8) is 0 Å². The van der Waals surface area contributed by atoms with Crippen LogP contribution in [0.2, 0.25) is 0 Å². The maximum absolute atomic E-state index is 12.9. The summed E-state index contributed by atoms with van der Waals surface area (Å²) in [5.41, 5.74) is 1.51. The fourth-order valence-electron chi connectivity index (χ4n) is 2.52. The number of alkyl halides is 3. The topological polar surface area (TPSA) is 82.5 Å². The van der Waals surface area contributed by atoms with Crippen LogP contribution in [0.5, 0.6) is 0 Å². The van der Waals surface area contributed by atoms with E-state index >= 15 is 0 Å². The lowest BCUT2D eigenvalue weighted by Gasteiger charge is -2.18. The molecule has 0 unspecified atom stereocenters. The number of nitrogens with one attached hydrogen (secondary N) is 1. The lowest BCUT2D eigenvalue weighted by Crippen LogP contribution is -2.39. The van der Waals surface area contributed by atoms with Gasteiger partial charge in [-0.15, -0.1) is 0 Å². The molecule has 6 nitrogen and oxygen atoms in total. The standard InChI is InChI=1S/C14H16F3N3O3/c1-8-2-3-18-9(4-8)5-19-13(23)20-6-10(12(21)22)11(7-20)14(15,16)17/h2-4,10-11H,5-7H2,1H3,(H,19,23)(H,21,22)/t10-,11-/m1/s1. The van der Waals surface area contributed by atoms with Gasteiger partial charge >= 0.3 is 18.2 Å². The fourth-order valence-corrected chi connectivity index (χ4v) is 2.52. The molecule has 1 saturated heterocycles. The summed E-state index contributed by atoms with van der Waals surface area (Å²) in [6.07, 6.45) is -3.09. The molecule has 0 radical (unpaired) electrons. The summed E-state index contributed by atoms with van der Waals surface area (Å²) in [4.78, 5) is 27.9. The minimum absolute atomic E-state index is 0.0609. The summed E-state index contributed by atoms with van der Waals surface area (Å²) in [6.45, 7) is 0.782. The molecule has 1 aromatic rings. The Labute approximate surface area is 130 Å². The SMILES string of the molecule is Cc1ccnc(CNC(=O)N2C[C@@H](C(F)(F)F)[C@H](C(=O)O)C2)c1. The summed E-state index contributed by atoms with van der Waals surface area (Å²) in [5, 5.41) is 11.4. The van der Waals surface area contributed by atoms with E-state index in [1.54, 1.807) is 18.3 Å². The minimum atomic E-state index is -4.66. The van der Waals surface area contributed by atoms with Crippen molar-refractivity contribution in [2.45, 2.75) is 19.6 Å². The van der Waals surface area contributed by atoms with Gasteiger partial charge in [0.2, 0.25) is 0 Å². The molecule has 126 valence electrons. The van der Waals surface area contributed by atoms with E-state index in [2.05, 4.69) is 10.3 Å². The van der Waals surface area contributed by atoms with E-state index in [-0.39, 0.29) is 6.54 Å². The quantitative estimate of drug-likeness (QED) is 0.885. The first-order chi connectivity index (χ1) is 10.7. The van der Waals surface area contributed by atoms with Gasteiger partial charge in [0.05, 0.1) is 24.1 Å². The molecular weight excluding hydrogens is 315 g/mol. The van der Waals surface area contributed by atoms with Gasteiger partial charge in [0.1, 0.15) is 0 Å². The normalized spacial score (nSPS) is 21.3. The van der Waals surface area contributed by atoms with Crippen molar-refractivity contribution in [2.24, 2.45) is 11.8 Å². The van der Waals surface area contributed by atoms with E-state index in [4.69, 9.17) is 5.11 Å². The van der Waals surface area contributed by atoms with Crippen LogP contribution >= 0.6 is 0 Å². The number of carbonyl (C=O) groups excluding carboxylic acids is 1. The molecule has 0 saturated carbocycles. The van der Waals surface area contributed by atoms with Gasteiger partial charge in [-0.05, 0) is 24.6 Å². The molecule has 9 heteroatoms. The smallest absolute Gasteiger partial charge is 0.394 e. The van der Waals surface area contributed by atoms with Crippen LogP contribution in [0.15, 0.2) is 18.3 Å². The number of carbonyl (C=O) groups is 2. The number of pyridine rings is 1. The van der Waals surface area contributed by atoms with Crippen molar-refractivity contribution in [2.75, 3.05) is 13.1 Å². The van der Waals surface area contributed by atoms with E-state index in [0.717, 1.165) is 10.5 Å². The Morgan fingerprint density at radius 3 is 2.65 bits per heavy atom. The zero-order valence-corrected chi connectivity index (χ0v) is 12.3. The summed E-state index contributed by atoms with van der Waals surface area (Å²) in [7, 11) is 0. The average Bonchev–Trinajstić information content (AvgIpc) is 2.90. The summed E-state index contributed by atoms with van der Waals surface area (Å²) in [5.74, 6) is -5.25. The van der Waals surface area contributed by atoms with E-state index in [1.165, 1.54) is 0 Å². The number of aryl methyl sites for hydroxylation is 1. The largest absolute Gasteiger partial charge is 0.481 e. The zero-order valence-electron chi connectivity index (χ0n) is 12.3. The summed E-state index contributed by atoms with van der Waals surface area (Å²) in [6, 6.07) is 2.78. The number of amides is 2. The van der Waals surface area contributed by atoms with Gasteiger partial charge in [0, 0.05) is 19.3 Å². The number of nitrogens with zero attached hydrogens (tertiary/aromatic N) is 2. The van der Waals surface area contributed by atoms with Crippen LogP contribution in [0.3, 0.4) is 0 Å². The number of carboxylic acids is 1. The number of aliphatic carboxylic acids is 1. The molecule has 2 rings (SSSR count). The minimum Gasteiger partial charge on any atom is -0.481 e. The average molecular weight is 331 g/mol. The van der Waals surface area contributed by atoms with Crippen LogP contribution < -0.4 is 5.32 Å². The number of carboxylic acid groups (broad SMARTS) is 1. The molecule has 1 fully saturated rings. The Kier molecular flexibility index (Phi) is 4.76. The van der Waals surface area contributed by atoms with Gasteiger partial charge in [-0.2, -0.15) is 13.2 Å². The van der Waals surface area contributed by atoms with Gasteiger partial charge in [0.25, 0.3) is 0 Å². The van der Waals surface area contributed by atoms with Crippen molar-refractivity contribution in [3.05, 3.63) is 29.6 Å². The lowest BCUT2D eigenvalue weighted by molar-refractivity contribution is -0.187. The van der Waals surface area contributed by atoms with E-state index in [1.807, 2.05) is 6.92 Å². The molecule has 2 atom stereocenters. The van der Waals surface area contributed by atoms with Crippen LogP contribution in [-0.2, 0) is 11.3 Å². The van der Waals surface area contributed by atoms with Crippen molar-refractivity contribution < 1.29 is 27.9 Å². The fraction of sp³-hybridized carbons (Fsp3) is 0.500. The first kappa shape index (κ1) is 17.0. The second kappa shape index (κ2) is 6.43. The van der Waals surface area contributed by atoms with E-state index in [0.29, 0.717) is 5.69 Å². The van der Waals surface area contributed by atoms with Gasteiger partial charge in [-0.25, -0.2) is 4.79 Å². The third-order valence-electron chi connectivity index (χ3n) is 3.74. The Hall–Kier alpha value is -2.32. The van der Waals surface area contributed by atoms with Crippen molar-refractivity contribution in [3.8, 4) is 0 Å². The Morgan fingerprint density at radius 1 is 1.43 bits per heavy atom. The Bertz CT molecular complexity index is 606. The molecular formula is C14H16F3N3O3. The number of urea groups is 1. The third-order valence-corrected chi connectivity index (χ3v) is 3.74. The molecule has 2 N–H and O–H groups in total. The molecule has 0 aliphatic carbocycles. The van der Waals surface area contributed by atoms with Gasteiger partial charge in [0.15, 0.2) is 0 Å². The monoisotopic (exact) mass is 331 g/mol. The van der Waals surface area contributed by atoms with Crippen molar-refractivity contribution in [1.82, 2.24) is 15.2 Å². The molecule has 0 bridgehead atoms. The van der Waals surface area contributed by atoms with Crippen molar-refractivity contribution >= 4 is 12.0 Å². The third kappa shape index (κ3) is 4.11. The van der Waals surface area contributed by atoms with Crippen molar-refractivity contribution in [1.29, 1.82) is 0 Å². The number of hydrogen-bond acceptors (Lipinski definition) is 3. The molecule has 2 amide bonds. The number of hydrogen-bond donors (Lipinski definition) is 2. The summed E-state index contributed by atoms with van der Waals surface area (Å²) < 4.78 is 38.6. The lowest BCUT2D eigenvalue weighted by atomic mass is 9.96. The van der Waals surface area contributed by atoms with Crippen LogP contribution in [0.25, 0.3) is 0 Å². The molecule has 1 aromatic heterocycles. The highest BCUT2D eigenvalue weighted by Gasteiger charge is 2.53. The highest BCUT2D eigenvalue weighted by Crippen LogP contribution is 2.37. The zero-order chi connectivity index (χ0) is 17.2. The first-order valence-corrected chi connectivity index (χ1v) is 6.92. The van der Waals surface area contributed by atoms with E-state index < -0.39 is 43.1 Å². The first-order valence-electron chi connectivity index (χ1n) is 6.92. The van der Waals surface area contributed by atoms with Crippen LogP contribution in [0, 0.1) is 18.8 Å². The van der Waals surface area contributed by atoms with E-state index in [9.17, 15) is 22.8 Å². The second-order valence-corrected chi connectivity index (χ2v) is 5.48. The maximum Gasteiger partial charge on any atom is 0.394 e. The van der Waals surface area contributed by atoms with Crippen LogP contribution in [-0.4, -0.2) is 46.3 Å². The number of halogens is 3. The van der Waals surface area contributed by atoms with Gasteiger partial charge in [-0.1, -0.05) is 0 Å². The Balaban J connectivity index is 1.99. The molecule has 23 heavy (non-hydrogen) atoms. The van der Waals surface area contributed by atoms with Gasteiger partial charge < -0.3 is 15.3 Å². The molecule has 1 aliphatic rings. The molecule has 2 heterocycles. The molecule has 1 aliphatic heterocycles. The predicted molar refractivity (Wildman–Crippen MR) is 73.5 cm³/mol. The molecule has 0 spiro atoms. The van der Waals surface area contributed by atoms with Crippen LogP contribution in [0.4, 0.5) is 18.0 Å². The molecule has 0 aromatic carbocycles. The Morgan fingerprint density at radius 2 is 2.13 bits per heavy atom. The van der Waals surface area contributed by atoms with Gasteiger partial charge in [-0.3, -0.25) is 9.78 Å². The predicted octanol–water partition coefficient (Wildman–Crippen LogP) is 1.79. The number of aromatic nitrogens is 1. The number of likely N-dealkylation sites (tertiary alicyclic amines) is 1. The number of rotatable bonds is 3. The highest BCUT2D eigenvalue weighted by molar-refractivity contribution is 5.77. The highest BCUT2D eigenvalue weighted by atomic mass is 19.4.